The first-order valence-electron chi connectivity index (χ1n) is 6.39. The Morgan fingerprint density at radius 3 is 2.71 bits per heavy atom. The third-order valence-corrected chi connectivity index (χ3v) is 4.31. The number of likely N-dealkylation sites (tertiary alicyclic amines) is 1. The van der Waals surface area contributed by atoms with Crippen molar-refractivity contribution in [3.05, 3.63) is 38.3 Å². The van der Waals surface area contributed by atoms with Gasteiger partial charge in [0.1, 0.15) is 0 Å². The molecule has 1 aliphatic heterocycles. The van der Waals surface area contributed by atoms with Crippen LogP contribution in [0.2, 0.25) is 0 Å². The maximum atomic E-state index is 12.5. The third kappa shape index (κ3) is 3.72. The summed E-state index contributed by atoms with van der Waals surface area (Å²) in [6.07, 6.45) is 0.896. The molecule has 1 aromatic carbocycles. The van der Waals surface area contributed by atoms with E-state index in [1.54, 1.807) is 4.90 Å². The molecule has 0 bridgehead atoms. The number of carbonyl (C=O) groups excluding carboxylic acids is 1. The van der Waals surface area contributed by atoms with Crippen LogP contribution in [-0.4, -0.2) is 34.9 Å². The molecular formula is C13H17BrClN3O3. The molecule has 2 atom stereocenters. The van der Waals surface area contributed by atoms with E-state index in [1.807, 2.05) is 6.92 Å². The molecule has 2 N–H and O–H groups in total. The summed E-state index contributed by atoms with van der Waals surface area (Å²) in [6.45, 7) is 3.20. The van der Waals surface area contributed by atoms with Crippen molar-refractivity contribution in [1.82, 2.24) is 4.90 Å². The van der Waals surface area contributed by atoms with E-state index in [0.717, 1.165) is 6.42 Å². The van der Waals surface area contributed by atoms with Crippen molar-refractivity contribution in [3.63, 3.8) is 0 Å². The van der Waals surface area contributed by atoms with Gasteiger partial charge < -0.3 is 10.6 Å². The average Bonchev–Trinajstić information content (AvgIpc) is 2.79. The zero-order chi connectivity index (χ0) is 14.9. The van der Waals surface area contributed by atoms with Crippen molar-refractivity contribution < 1.29 is 9.72 Å². The van der Waals surface area contributed by atoms with E-state index in [2.05, 4.69) is 15.9 Å². The minimum atomic E-state index is -0.484. The topological polar surface area (TPSA) is 89.5 Å². The van der Waals surface area contributed by atoms with Crippen molar-refractivity contribution in [3.8, 4) is 0 Å². The number of rotatable bonds is 3. The molecule has 0 spiro atoms. The quantitative estimate of drug-likeness (QED) is 0.646. The summed E-state index contributed by atoms with van der Waals surface area (Å²) in [5.41, 5.74) is 6.06. The molecule has 2 unspecified atom stereocenters. The van der Waals surface area contributed by atoms with Crippen molar-refractivity contribution >= 4 is 39.9 Å². The van der Waals surface area contributed by atoms with Gasteiger partial charge in [-0.1, -0.05) is 0 Å². The predicted octanol–water partition coefficient (Wildman–Crippen LogP) is 2.59. The van der Waals surface area contributed by atoms with Crippen molar-refractivity contribution in [2.24, 2.45) is 11.7 Å². The Kier molecular flexibility index (Phi) is 6.12. The van der Waals surface area contributed by atoms with Gasteiger partial charge in [-0.05, 0) is 47.8 Å². The monoisotopic (exact) mass is 377 g/mol. The van der Waals surface area contributed by atoms with E-state index < -0.39 is 4.92 Å². The molecule has 2 rings (SSSR count). The van der Waals surface area contributed by atoms with Gasteiger partial charge in [-0.2, -0.15) is 0 Å². The molecule has 1 saturated heterocycles. The summed E-state index contributed by atoms with van der Waals surface area (Å²) in [5.74, 6) is 0.209. The van der Waals surface area contributed by atoms with E-state index in [1.165, 1.54) is 18.2 Å². The minimum Gasteiger partial charge on any atom is -0.336 e. The molecule has 1 aromatic rings. The SMILES string of the molecule is CC1CC(CN)CN1C(=O)c1ccc([N+](=O)[O-])cc1Br.Cl. The molecule has 1 aliphatic rings. The number of nitro groups is 1. The van der Waals surface area contributed by atoms with Crippen LogP contribution in [0.3, 0.4) is 0 Å². The summed E-state index contributed by atoms with van der Waals surface area (Å²) in [5, 5.41) is 10.7. The number of hydrogen-bond donors (Lipinski definition) is 1. The van der Waals surface area contributed by atoms with Gasteiger partial charge in [0.05, 0.1) is 10.5 Å². The molecule has 1 amide bonds. The Bertz CT molecular complexity index is 555. The zero-order valence-corrected chi connectivity index (χ0v) is 13.9. The fourth-order valence-corrected chi connectivity index (χ4v) is 3.08. The molecule has 1 fully saturated rings. The molecule has 21 heavy (non-hydrogen) atoms. The zero-order valence-electron chi connectivity index (χ0n) is 11.5. The van der Waals surface area contributed by atoms with Crippen LogP contribution in [-0.2, 0) is 0 Å². The van der Waals surface area contributed by atoms with Crippen LogP contribution in [0.1, 0.15) is 23.7 Å². The number of halogens is 2. The highest BCUT2D eigenvalue weighted by Gasteiger charge is 2.33. The number of benzene rings is 1. The molecule has 6 nitrogen and oxygen atoms in total. The first-order valence-corrected chi connectivity index (χ1v) is 7.18. The Labute approximate surface area is 137 Å². The fraction of sp³-hybridized carbons (Fsp3) is 0.462. The number of nitrogens with zero attached hydrogens (tertiary/aromatic N) is 2. The molecule has 116 valence electrons. The number of amides is 1. The minimum absolute atomic E-state index is 0. The van der Waals surface area contributed by atoms with Gasteiger partial charge in [-0.3, -0.25) is 14.9 Å². The first kappa shape index (κ1) is 17.9. The van der Waals surface area contributed by atoms with Crippen LogP contribution in [0.15, 0.2) is 22.7 Å². The van der Waals surface area contributed by atoms with Crippen molar-refractivity contribution in [2.75, 3.05) is 13.1 Å². The van der Waals surface area contributed by atoms with Gasteiger partial charge in [0.2, 0.25) is 0 Å². The van der Waals surface area contributed by atoms with Crippen LogP contribution in [0.4, 0.5) is 5.69 Å². The second kappa shape index (κ2) is 7.20. The third-order valence-electron chi connectivity index (χ3n) is 3.65. The van der Waals surface area contributed by atoms with E-state index in [9.17, 15) is 14.9 Å². The van der Waals surface area contributed by atoms with Gasteiger partial charge >= 0.3 is 0 Å². The lowest BCUT2D eigenvalue weighted by Gasteiger charge is -2.22. The van der Waals surface area contributed by atoms with Crippen LogP contribution in [0.5, 0.6) is 0 Å². The molecular weight excluding hydrogens is 362 g/mol. The van der Waals surface area contributed by atoms with Crippen LogP contribution < -0.4 is 5.73 Å². The lowest BCUT2D eigenvalue weighted by atomic mass is 10.1. The Morgan fingerprint density at radius 1 is 1.57 bits per heavy atom. The average molecular weight is 379 g/mol. The van der Waals surface area contributed by atoms with Crippen LogP contribution in [0, 0.1) is 16.0 Å². The Hall–Kier alpha value is -1.18. The van der Waals surface area contributed by atoms with Crippen molar-refractivity contribution in [2.45, 2.75) is 19.4 Å². The molecule has 0 saturated carbocycles. The van der Waals surface area contributed by atoms with Gasteiger partial charge in [0.15, 0.2) is 0 Å². The predicted molar refractivity (Wildman–Crippen MR) is 85.7 cm³/mol. The summed E-state index contributed by atoms with van der Waals surface area (Å²) in [6, 6.07) is 4.33. The standard InChI is InChI=1S/C13H16BrN3O3.ClH/c1-8-4-9(6-15)7-16(8)13(18)11-3-2-10(17(19)20)5-12(11)14;/h2-3,5,8-9H,4,6-7,15H2,1H3;1H. The van der Waals surface area contributed by atoms with E-state index in [-0.39, 0.29) is 30.0 Å². The Balaban J connectivity index is 0.00000220. The highest BCUT2D eigenvalue weighted by molar-refractivity contribution is 9.10. The summed E-state index contributed by atoms with van der Waals surface area (Å²) in [4.78, 5) is 24.5. The van der Waals surface area contributed by atoms with Gasteiger partial charge in [0.25, 0.3) is 11.6 Å². The normalized spacial score (nSPS) is 21.0. The summed E-state index contributed by atoms with van der Waals surface area (Å²) < 4.78 is 0.445. The number of nitro benzene ring substituents is 1. The second-order valence-electron chi connectivity index (χ2n) is 5.07. The molecule has 0 aromatic heterocycles. The van der Waals surface area contributed by atoms with Gasteiger partial charge in [-0.15, -0.1) is 12.4 Å². The molecule has 1 heterocycles. The highest BCUT2D eigenvalue weighted by atomic mass is 79.9. The summed E-state index contributed by atoms with van der Waals surface area (Å²) in [7, 11) is 0. The summed E-state index contributed by atoms with van der Waals surface area (Å²) >= 11 is 3.24. The van der Waals surface area contributed by atoms with Crippen LogP contribution >= 0.6 is 28.3 Å². The Morgan fingerprint density at radius 2 is 2.24 bits per heavy atom. The van der Waals surface area contributed by atoms with Crippen LogP contribution in [0.25, 0.3) is 0 Å². The maximum absolute atomic E-state index is 12.5. The highest BCUT2D eigenvalue weighted by Crippen LogP contribution is 2.28. The van der Waals surface area contributed by atoms with E-state index in [4.69, 9.17) is 5.73 Å². The number of non-ortho nitro benzene ring substituents is 1. The number of nitrogens with two attached hydrogens (primary N) is 1. The molecule has 8 heteroatoms. The lowest BCUT2D eigenvalue weighted by Crippen LogP contribution is -2.34. The molecule has 0 aliphatic carbocycles. The largest absolute Gasteiger partial charge is 0.336 e. The smallest absolute Gasteiger partial charge is 0.270 e. The molecule has 0 radical (unpaired) electrons. The fourth-order valence-electron chi connectivity index (χ4n) is 2.54. The number of hydrogen-bond acceptors (Lipinski definition) is 4. The van der Waals surface area contributed by atoms with E-state index >= 15 is 0 Å². The van der Waals surface area contributed by atoms with Crippen molar-refractivity contribution in [1.29, 1.82) is 0 Å². The second-order valence-corrected chi connectivity index (χ2v) is 5.92. The van der Waals surface area contributed by atoms with Gasteiger partial charge in [0, 0.05) is 29.2 Å². The maximum Gasteiger partial charge on any atom is 0.270 e. The van der Waals surface area contributed by atoms with E-state index in [0.29, 0.717) is 29.0 Å². The first-order chi connectivity index (χ1) is 9.43. The lowest BCUT2D eigenvalue weighted by molar-refractivity contribution is -0.384. The van der Waals surface area contributed by atoms with Gasteiger partial charge in [-0.25, -0.2) is 0 Å². The number of carbonyl (C=O) groups is 1.